The van der Waals surface area contributed by atoms with E-state index in [1.54, 1.807) is 6.07 Å². The molecule has 0 amide bonds. The predicted molar refractivity (Wildman–Crippen MR) is 71.5 cm³/mol. The fraction of sp³-hybridized carbons (Fsp3) is 0.500. The number of hydrogen-bond donors (Lipinski definition) is 2. The lowest BCUT2D eigenvalue weighted by molar-refractivity contribution is 0.632. The summed E-state index contributed by atoms with van der Waals surface area (Å²) in [5, 5.41) is 3.23. The van der Waals surface area contributed by atoms with E-state index >= 15 is 0 Å². The maximum absolute atomic E-state index is 13.2. The van der Waals surface area contributed by atoms with Crippen LogP contribution in [0.1, 0.15) is 20.3 Å². The van der Waals surface area contributed by atoms with E-state index in [-0.39, 0.29) is 11.5 Å². The summed E-state index contributed by atoms with van der Waals surface area (Å²) >= 11 is 1.91. The van der Waals surface area contributed by atoms with Crippen LogP contribution in [-0.4, -0.2) is 17.5 Å². The molecule has 0 saturated heterocycles. The smallest absolute Gasteiger partial charge is 0.148 e. The van der Waals surface area contributed by atoms with E-state index < -0.39 is 0 Å². The van der Waals surface area contributed by atoms with Crippen LogP contribution in [0.25, 0.3) is 0 Å². The third-order valence-electron chi connectivity index (χ3n) is 2.35. The fourth-order valence-electron chi connectivity index (χ4n) is 1.40. The van der Waals surface area contributed by atoms with Gasteiger partial charge in [0.15, 0.2) is 0 Å². The van der Waals surface area contributed by atoms with Crippen molar-refractivity contribution in [1.29, 1.82) is 0 Å². The highest BCUT2D eigenvalue weighted by molar-refractivity contribution is 7.99. The van der Waals surface area contributed by atoms with Crippen molar-refractivity contribution in [3.8, 4) is 0 Å². The predicted octanol–water partition coefficient (Wildman–Crippen LogP) is 3.35. The van der Waals surface area contributed by atoms with Gasteiger partial charge in [0.1, 0.15) is 5.82 Å². The normalized spacial score (nSPS) is 12.4. The Hall–Kier alpha value is -0.900. The molecule has 1 unspecified atom stereocenters. The van der Waals surface area contributed by atoms with Crippen LogP contribution in [0.3, 0.4) is 0 Å². The Morgan fingerprint density at radius 3 is 2.94 bits per heavy atom. The minimum atomic E-state index is -0.361. The first-order chi connectivity index (χ1) is 7.65. The van der Waals surface area contributed by atoms with Crippen molar-refractivity contribution < 1.29 is 4.39 Å². The number of thioether (sulfide) groups is 1. The van der Waals surface area contributed by atoms with E-state index in [9.17, 15) is 4.39 Å². The number of halogens is 1. The molecule has 0 fully saturated rings. The standard InChI is InChI=1S/C12H19FN2S/c1-3-16-8-7-9(2)15-11-6-4-5-10(13)12(11)14/h4-6,9,15H,3,7-8,14H2,1-2H3. The molecule has 0 bridgehead atoms. The zero-order valence-electron chi connectivity index (χ0n) is 9.79. The summed E-state index contributed by atoms with van der Waals surface area (Å²) in [7, 11) is 0. The van der Waals surface area contributed by atoms with Crippen molar-refractivity contribution in [2.75, 3.05) is 22.6 Å². The monoisotopic (exact) mass is 242 g/mol. The summed E-state index contributed by atoms with van der Waals surface area (Å²) in [5.41, 5.74) is 6.54. The Morgan fingerprint density at radius 2 is 2.25 bits per heavy atom. The van der Waals surface area contributed by atoms with Gasteiger partial charge in [0.2, 0.25) is 0 Å². The molecule has 0 aliphatic heterocycles. The summed E-state index contributed by atoms with van der Waals surface area (Å²) in [6.07, 6.45) is 1.05. The number of anilines is 2. The second kappa shape index (κ2) is 6.63. The van der Waals surface area contributed by atoms with Gasteiger partial charge in [-0.25, -0.2) is 4.39 Å². The van der Waals surface area contributed by atoms with Crippen LogP contribution in [0.5, 0.6) is 0 Å². The minimum Gasteiger partial charge on any atom is -0.395 e. The van der Waals surface area contributed by atoms with Gasteiger partial charge in [0.05, 0.1) is 11.4 Å². The van der Waals surface area contributed by atoms with E-state index in [0.29, 0.717) is 11.7 Å². The lowest BCUT2D eigenvalue weighted by atomic mass is 10.2. The average molecular weight is 242 g/mol. The highest BCUT2D eigenvalue weighted by Gasteiger charge is 2.07. The molecule has 0 radical (unpaired) electrons. The van der Waals surface area contributed by atoms with Crippen molar-refractivity contribution in [1.82, 2.24) is 0 Å². The Morgan fingerprint density at radius 1 is 1.50 bits per heavy atom. The molecule has 0 aromatic heterocycles. The molecule has 0 aliphatic rings. The lowest BCUT2D eigenvalue weighted by Crippen LogP contribution is -2.17. The van der Waals surface area contributed by atoms with Crippen molar-refractivity contribution in [3.63, 3.8) is 0 Å². The van der Waals surface area contributed by atoms with Crippen LogP contribution in [-0.2, 0) is 0 Å². The summed E-state index contributed by atoms with van der Waals surface area (Å²) in [6, 6.07) is 5.16. The van der Waals surface area contributed by atoms with Crippen molar-refractivity contribution in [3.05, 3.63) is 24.0 Å². The quantitative estimate of drug-likeness (QED) is 0.593. The zero-order chi connectivity index (χ0) is 12.0. The maximum atomic E-state index is 13.2. The summed E-state index contributed by atoms with van der Waals surface area (Å²) < 4.78 is 13.2. The summed E-state index contributed by atoms with van der Waals surface area (Å²) in [6.45, 7) is 4.23. The first-order valence-electron chi connectivity index (χ1n) is 5.53. The maximum Gasteiger partial charge on any atom is 0.148 e. The van der Waals surface area contributed by atoms with Crippen LogP contribution in [0.4, 0.5) is 15.8 Å². The van der Waals surface area contributed by atoms with Gasteiger partial charge in [0.25, 0.3) is 0 Å². The minimum absolute atomic E-state index is 0.206. The zero-order valence-corrected chi connectivity index (χ0v) is 10.6. The molecular weight excluding hydrogens is 223 g/mol. The van der Waals surface area contributed by atoms with Crippen LogP contribution >= 0.6 is 11.8 Å². The van der Waals surface area contributed by atoms with Crippen molar-refractivity contribution in [2.45, 2.75) is 26.3 Å². The summed E-state index contributed by atoms with van der Waals surface area (Å²) in [5.74, 6) is 1.88. The van der Waals surface area contributed by atoms with Crippen molar-refractivity contribution in [2.24, 2.45) is 0 Å². The van der Waals surface area contributed by atoms with Gasteiger partial charge in [-0.3, -0.25) is 0 Å². The van der Waals surface area contributed by atoms with Crippen molar-refractivity contribution >= 4 is 23.1 Å². The average Bonchev–Trinajstić information content (AvgIpc) is 2.25. The van der Waals surface area contributed by atoms with Gasteiger partial charge in [0, 0.05) is 6.04 Å². The van der Waals surface area contributed by atoms with Gasteiger partial charge in [-0.05, 0) is 37.0 Å². The molecule has 0 heterocycles. The Bertz CT molecular complexity index is 331. The van der Waals surface area contributed by atoms with E-state index in [1.807, 2.05) is 17.8 Å². The first kappa shape index (κ1) is 13.2. The number of hydrogen-bond acceptors (Lipinski definition) is 3. The number of nitrogen functional groups attached to an aromatic ring is 1. The number of benzene rings is 1. The molecule has 90 valence electrons. The molecule has 0 saturated carbocycles. The third-order valence-corrected chi connectivity index (χ3v) is 3.29. The van der Waals surface area contributed by atoms with E-state index in [4.69, 9.17) is 5.73 Å². The van der Waals surface area contributed by atoms with Crippen LogP contribution < -0.4 is 11.1 Å². The highest BCUT2D eigenvalue weighted by Crippen LogP contribution is 2.22. The number of nitrogens with two attached hydrogens (primary N) is 1. The third kappa shape index (κ3) is 3.93. The molecule has 0 spiro atoms. The second-order valence-electron chi connectivity index (χ2n) is 3.73. The van der Waals surface area contributed by atoms with E-state index in [0.717, 1.165) is 17.9 Å². The van der Waals surface area contributed by atoms with Gasteiger partial charge in [-0.15, -0.1) is 0 Å². The number of rotatable bonds is 6. The molecule has 4 heteroatoms. The van der Waals surface area contributed by atoms with Crippen LogP contribution in [0, 0.1) is 5.82 Å². The Labute approximate surface area is 101 Å². The van der Waals surface area contributed by atoms with Gasteiger partial charge in [-0.1, -0.05) is 13.0 Å². The molecule has 1 atom stereocenters. The first-order valence-corrected chi connectivity index (χ1v) is 6.69. The van der Waals surface area contributed by atoms with E-state index in [2.05, 4.69) is 19.2 Å². The van der Waals surface area contributed by atoms with Gasteiger partial charge < -0.3 is 11.1 Å². The molecule has 0 aliphatic carbocycles. The van der Waals surface area contributed by atoms with Crippen LogP contribution in [0.2, 0.25) is 0 Å². The molecule has 3 N–H and O–H groups in total. The largest absolute Gasteiger partial charge is 0.395 e. The van der Waals surface area contributed by atoms with Gasteiger partial charge in [-0.2, -0.15) is 11.8 Å². The highest BCUT2D eigenvalue weighted by atomic mass is 32.2. The molecule has 16 heavy (non-hydrogen) atoms. The fourth-order valence-corrected chi connectivity index (χ4v) is 2.21. The SMILES string of the molecule is CCSCCC(C)Nc1cccc(F)c1N. The molecular formula is C12H19FN2S. The molecule has 1 aromatic rings. The molecule has 1 aromatic carbocycles. The van der Waals surface area contributed by atoms with E-state index in [1.165, 1.54) is 6.07 Å². The van der Waals surface area contributed by atoms with Crippen LogP contribution in [0.15, 0.2) is 18.2 Å². The second-order valence-corrected chi connectivity index (χ2v) is 5.13. The Balaban J connectivity index is 2.49. The Kier molecular flexibility index (Phi) is 5.46. The number of para-hydroxylation sites is 1. The van der Waals surface area contributed by atoms with Gasteiger partial charge >= 0.3 is 0 Å². The number of nitrogens with one attached hydrogen (secondary N) is 1. The topological polar surface area (TPSA) is 38.0 Å². The molecule has 2 nitrogen and oxygen atoms in total. The lowest BCUT2D eigenvalue weighted by Gasteiger charge is -2.16. The molecule has 1 rings (SSSR count). The summed E-state index contributed by atoms with van der Waals surface area (Å²) in [4.78, 5) is 0.